The van der Waals surface area contributed by atoms with Crippen molar-refractivity contribution in [1.82, 2.24) is 9.47 Å². The molecule has 2 aromatic heterocycles. The number of carbonyl (C=O) groups excluding carboxylic acids is 1. The minimum Gasteiger partial charge on any atom is -0.461 e. The fraction of sp³-hybridized carbons (Fsp3) is 0.273. The van der Waals surface area contributed by atoms with Gasteiger partial charge in [0, 0.05) is 24.4 Å². The molecule has 9 heteroatoms. The number of fused-ring (bicyclic) bond motifs is 3. The van der Waals surface area contributed by atoms with Crippen molar-refractivity contribution in [2.75, 3.05) is 33.0 Å². The number of benzene rings is 1. The van der Waals surface area contributed by atoms with E-state index in [1.807, 2.05) is 60.8 Å². The molecule has 6 nitrogen and oxygen atoms in total. The second-order valence-corrected chi connectivity index (χ2v) is 9.70. The van der Waals surface area contributed by atoms with Gasteiger partial charge in [0.25, 0.3) is 5.56 Å². The Morgan fingerprint density at radius 1 is 1.23 bits per heavy atom. The summed E-state index contributed by atoms with van der Waals surface area (Å²) in [7, 11) is 2.58. The summed E-state index contributed by atoms with van der Waals surface area (Å²) in [5, 5.41) is 1.84. The van der Waals surface area contributed by atoms with Crippen LogP contribution in [0, 0.1) is 0 Å². The number of halogens is 1. The lowest BCUT2D eigenvalue weighted by atomic mass is 10.0. The summed E-state index contributed by atoms with van der Waals surface area (Å²) in [6.07, 6.45) is 0. The van der Waals surface area contributed by atoms with Crippen LogP contribution < -0.4 is 5.56 Å². The lowest BCUT2D eigenvalue weighted by Crippen LogP contribution is -2.27. The van der Waals surface area contributed by atoms with Crippen molar-refractivity contribution >= 4 is 40.5 Å². The summed E-state index contributed by atoms with van der Waals surface area (Å²) in [5.74, 6) is -0.158. The molecular weight excluding hydrogens is 456 g/mol. The molecule has 0 saturated heterocycles. The third-order valence-electron chi connectivity index (χ3n) is 4.96. The predicted octanol–water partition coefficient (Wildman–Crippen LogP) is 3.51. The van der Waals surface area contributed by atoms with E-state index in [4.69, 9.17) is 4.74 Å². The average molecular weight is 479 g/mol. The smallest absolute Gasteiger partial charge is 0.340 e. The largest absolute Gasteiger partial charge is 0.461 e. The Hall–Kier alpha value is -2.26. The van der Waals surface area contributed by atoms with Crippen LogP contribution in [0.15, 0.2) is 57.5 Å². The van der Waals surface area contributed by atoms with Gasteiger partial charge in [0.1, 0.15) is 6.61 Å². The number of rotatable bonds is 5. The molecule has 1 aliphatic heterocycles. The number of thiophene rings is 1. The minimum atomic E-state index is -1.23. The molecule has 164 valence electrons. The lowest BCUT2D eigenvalue weighted by Gasteiger charge is -2.17. The van der Waals surface area contributed by atoms with E-state index < -0.39 is 16.8 Å². The molecule has 1 aromatic carbocycles. The molecule has 3 heterocycles. The highest BCUT2D eigenvalue weighted by Crippen LogP contribution is 2.37. The summed E-state index contributed by atoms with van der Waals surface area (Å²) in [6, 6.07) is 12.7. The van der Waals surface area contributed by atoms with E-state index in [9.17, 15) is 13.8 Å². The molecule has 1 unspecified atom stereocenters. The van der Waals surface area contributed by atoms with Crippen molar-refractivity contribution in [2.45, 2.75) is 11.4 Å². The number of carbonyl (C=O) groups is 1. The minimum absolute atomic E-state index is 0. The zero-order valence-electron chi connectivity index (χ0n) is 17.2. The van der Waals surface area contributed by atoms with Gasteiger partial charge in [-0.2, -0.15) is 0 Å². The summed E-state index contributed by atoms with van der Waals surface area (Å²) < 4.78 is 19.8. The van der Waals surface area contributed by atoms with Crippen LogP contribution >= 0.6 is 23.7 Å². The number of aromatic nitrogens is 1. The van der Waals surface area contributed by atoms with Gasteiger partial charge in [0.15, 0.2) is 0 Å². The molecule has 0 bridgehead atoms. The Bertz CT molecular complexity index is 1170. The van der Waals surface area contributed by atoms with E-state index in [-0.39, 0.29) is 31.1 Å². The van der Waals surface area contributed by atoms with Gasteiger partial charge in [-0.1, -0.05) is 30.3 Å². The molecule has 0 fully saturated rings. The Balaban J connectivity index is 0.00000272. The first-order valence-corrected chi connectivity index (χ1v) is 11.8. The van der Waals surface area contributed by atoms with Crippen LogP contribution in [0.4, 0.5) is 0 Å². The SMILES string of the molecule is CN(C)CCOC(=O)c1cc(-c2ccccc2)c(=O)n2c1-c1sccc1S(=O)CC2.Cl. The molecule has 0 amide bonds. The second-order valence-electron chi connectivity index (χ2n) is 7.25. The van der Waals surface area contributed by atoms with Crippen molar-refractivity contribution in [3.8, 4) is 21.7 Å². The molecule has 31 heavy (non-hydrogen) atoms. The maximum absolute atomic E-state index is 13.4. The predicted molar refractivity (Wildman–Crippen MR) is 127 cm³/mol. The highest BCUT2D eigenvalue weighted by Gasteiger charge is 2.28. The van der Waals surface area contributed by atoms with E-state index in [0.29, 0.717) is 38.9 Å². The number of ether oxygens (including phenoxy) is 1. The number of hydrogen-bond donors (Lipinski definition) is 0. The van der Waals surface area contributed by atoms with Crippen molar-refractivity contribution in [3.05, 3.63) is 63.8 Å². The van der Waals surface area contributed by atoms with Gasteiger partial charge in [-0.05, 0) is 37.2 Å². The van der Waals surface area contributed by atoms with Gasteiger partial charge in [0.05, 0.1) is 31.8 Å². The highest BCUT2D eigenvalue weighted by molar-refractivity contribution is 7.85. The van der Waals surface area contributed by atoms with Crippen LogP contribution in [0.1, 0.15) is 10.4 Å². The lowest BCUT2D eigenvalue weighted by molar-refractivity contribution is 0.0482. The molecule has 0 N–H and O–H groups in total. The molecule has 0 saturated carbocycles. The molecular formula is C22H23ClN2O4S2. The van der Waals surface area contributed by atoms with Gasteiger partial charge in [0.2, 0.25) is 0 Å². The molecule has 1 atom stereocenters. The topological polar surface area (TPSA) is 68.6 Å². The summed E-state index contributed by atoms with van der Waals surface area (Å²) in [5.41, 5.74) is 1.81. The fourth-order valence-electron chi connectivity index (χ4n) is 3.44. The summed E-state index contributed by atoms with van der Waals surface area (Å²) in [4.78, 5) is 29.8. The Labute approximate surface area is 193 Å². The monoisotopic (exact) mass is 478 g/mol. The number of esters is 1. The number of hydrogen-bond acceptors (Lipinski definition) is 6. The normalized spacial score (nSPS) is 14.9. The van der Waals surface area contributed by atoms with E-state index in [2.05, 4.69) is 0 Å². The van der Waals surface area contributed by atoms with Crippen LogP contribution in [0.3, 0.4) is 0 Å². The van der Waals surface area contributed by atoms with Crippen LogP contribution in [0.25, 0.3) is 21.7 Å². The average Bonchev–Trinajstić information content (AvgIpc) is 3.17. The van der Waals surface area contributed by atoms with E-state index in [1.165, 1.54) is 11.3 Å². The first-order chi connectivity index (χ1) is 14.5. The molecule has 0 spiro atoms. The zero-order valence-corrected chi connectivity index (χ0v) is 19.6. The maximum Gasteiger partial charge on any atom is 0.340 e. The number of likely N-dealkylation sites (N-methyl/N-ethyl adjacent to an activating group) is 1. The van der Waals surface area contributed by atoms with Gasteiger partial charge in [-0.15, -0.1) is 23.7 Å². The molecule has 0 radical (unpaired) electrons. The van der Waals surface area contributed by atoms with Crippen LogP contribution in [-0.2, 0) is 22.1 Å². The van der Waals surface area contributed by atoms with Crippen LogP contribution in [0.2, 0.25) is 0 Å². The molecule has 1 aliphatic rings. The van der Waals surface area contributed by atoms with Gasteiger partial charge < -0.3 is 14.2 Å². The first-order valence-electron chi connectivity index (χ1n) is 9.58. The van der Waals surface area contributed by atoms with E-state index >= 15 is 0 Å². The van der Waals surface area contributed by atoms with E-state index in [0.717, 1.165) is 5.56 Å². The van der Waals surface area contributed by atoms with Crippen molar-refractivity contribution in [2.24, 2.45) is 0 Å². The van der Waals surface area contributed by atoms with Crippen molar-refractivity contribution in [1.29, 1.82) is 0 Å². The zero-order chi connectivity index (χ0) is 21.3. The number of nitrogens with zero attached hydrogens (tertiary/aromatic N) is 2. The van der Waals surface area contributed by atoms with Gasteiger partial charge in [-0.3, -0.25) is 9.00 Å². The van der Waals surface area contributed by atoms with E-state index in [1.54, 1.807) is 10.6 Å². The molecule has 0 aliphatic carbocycles. The standard InChI is InChI=1S/C22H22N2O4S2.ClH/c1-23(2)9-11-28-22(26)17-14-16(15-6-4-3-5-7-15)21(25)24-10-13-30(27)18-8-12-29-20(18)19(17)24;/h3-8,12,14H,9-11,13H2,1-2H3;1H. The summed E-state index contributed by atoms with van der Waals surface area (Å²) in [6.45, 7) is 1.12. The summed E-state index contributed by atoms with van der Waals surface area (Å²) >= 11 is 1.39. The van der Waals surface area contributed by atoms with Crippen LogP contribution in [-0.4, -0.2) is 52.6 Å². The van der Waals surface area contributed by atoms with Crippen LogP contribution in [0.5, 0.6) is 0 Å². The Kier molecular flexibility index (Phi) is 7.48. The number of pyridine rings is 1. The molecule has 3 aromatic rings. The molecule has 4 rings (SSSR count). The quantitative estimate of drug-likeness (QED) is 0.525. The maximum atomic E-state index is 13.4. The fourth-order valence-corrected chi connectivity index (χ4v) is 5.89. The van der Waals surface area contributed by atoms with Gasteiger partial charge in [-0.25, -0.2) is 4.79 Å². The van der Waals surface area contributed by atoms with Crippen molar-refractivity contribution in [3.63, 3.8) is 0 Å². The Morgan fingerprint density at radius 2 is 1.97 bits per heavy atom. The Morgan fingerprint density at radius 3 is 2.68 bits per heavy atom. The first kappa shape index (κ1) is 23.4. The third-order valence-corrected chi connectivity index (χ3v) is 7.39. The van der Waals surface area contributed by atoms with Gasteiger partial charge >= 0.3 is 5.97 Å². The highest BCUT2D eigenvalue weighted by atomic mass is 35.5. The second kappa shape index (κ2) is 9.91. The third kappa shape index (κ3) is 4.67. The van der Waals surface area contributed by atoms with Crippen molar-refractivity contribution < 1.29 is 13.7 Å².